The molecule has 0 fully saturated rings. The second-order valence-corrected chi connectivity index (χ2v) is 5.16. The molecule has 0 spiro atoms. The molecule has 1 aromatic heterocycles. The first kappa shape index (κ1) is 12.9. The van der Waals surface area contributed by atoms with Crippen molar-refractivity contribution in [2.45, 2.75) is 19.4 Å². The molecule has 4 nitrogen and oxygen atoms in total. The number of pyridine rings is 1. The summed E-state index contributed by atoms with van der Waals surface area (Å²) in [6.07, 6.45) is 3.85. The number of aromatic nitrogens is 1. The predicted octanol–water partition coefficient (Wildman–Crippen LogP) is 1.11. The molecule has 1 atom stereocenters. The highest BCUT2D eigenvalue weighted by molar-refractivity contribution is 7.85. The van der Waals surface area contributed by atoms with Crippen LogP contribution in [0, 0.1) is 0 Å². The minimum atomic E-state index is -4.14. The fourth-order valence-electron chi connectivity index (χ4n) is 1.50. The maximum absolute atomic E-state index is 10.5. The van der Waals surface area contributed by atoms with Gasteiger partial charge in [-0.15, -0.1) is 0 Å². The first-order valence-corrected chi connectivity index (χ1v) is 6.58. The third kappa shape index (κ3) is 3.75. The molecule has 5 heteroatoms. The molecule has 0 N–H and O–H groups in total. The van der Waals surface area contributed by atoms with Crippen LogP contribution in [0.15, 0.2) is 31.0 Å². The van der Waals surface area contributed by atoms with Gasteiger partial charge in [0.05, 0.1) is 10.1 Å². The predicted molar refractivity (Wildman–Crippen MR) is 60.6 cm³/mol. The second kappa shape index (κ2) is 5.23. The Bertz CT molecular complexity index is 468. The van der Waals surface area contributed by atoms with Gasteiger partial charge < -0.3 is 4.55 Å². The Balaban J connectivity index is 2.80. The lowest BCUT2D eigenvalue weighted by atomic mass is 10.2. The van der Waals surface area contributed by atoms with Crippen LogP contribution in [0.3, 0.4) is 0 Å². The van der Waals surface area contributed by atoms with Gasteiger partial charge in [0.1, 0.15) is 0 Å². The minimum Gasteiger partial charge on any atom is -0.748 e. The molecule has 0 bridgehead atoms. The summed E-state index contributed by atoms with van der Waals surface area (Å²) in [5.41, 5.74) is 0.901. The molecule has 16 heavy (non-hydrogen) atoms. The van der Waals surface area contributed by atoms with E-state index in [2.05, 4.69) is 6.58 Å². The van der Waals surface area contributed by atoms with Gasteiger partial charge in [0, 0.05) is 30.4 Å². The maximum Gasteiger partial charge on any atom is 0.204 e. The molecular weight excluding hydrogens is 226 g/mol. The molecule has 1 rings (SSSR count). The fourth-order valence-corrected chi connectivity index (χ4v) is 2.13. The van der Waals surface area contributed by atoms with Crippen LogP contribution in [0.5, 0.6) is 0 Å². The average Bonchev–Trinajstić information content (AvgIpc) is 2.25. The van der Waals surface area contributed by atoms with Crippen molar-refractivity contribution in [1.29, 1.82) is 0 Å². The molecule has 0 aliphatic heterocycles. The largest absolute Gasteiger partial charge is 0.748 e. The summed E-state index contributed by atoms with van der Waals surface area (Å²) in [6.45, 7) is 5.56. The molecule has 0 saturated heterocycles. The van der Waals surface area contributed by atoms with Crippen LogP contribution < -0.4 is 4.57 Å². The Hall–Kier alpha value is -1.20. The van der Waals surface area contributed by atoms with Gasteiger partial charge in [-0.2, -0.15) is 4.57 Å². The summed E-state index contributed by atoms with van der Waals surface area (Å²) in [5.74, 6) is -0.341. The van der Waals surface area contributed by atoms with Crippen molar-refractivity contribution < 1.29 is 17.5 Å². The Morgan fingerprint density at radius 2 is 2.25 bits per heavy atom. The standard InChI is InChI=1S/C11H15NO3S/c1-3-11-6-4-5-8-12(11)10(2)7-9-16(13,14)15/h3-6,8,10H,1,7,9H2,2H3/t10-/m1/s1. The Morgan fingerprint density at radius 1 is 1.56 bits per heavy atom. The summed E-state index contributed by atoms with van der Waals surface area (Å²) in [4.78, 5) is 0. The first-order valence-electron chi connectivity index (χ1n) is 5.00. The quantitative estimate of drug-likeness (QED) is 0.573. The zero-order valence-electron chi connectivity index (χ0n) is 9.17. The van der Waals surface area contributed by atoms with Gasteiger partial charge in [-0.05, 0) is 13.0 Å². The third-order valence-electron chi connectivity index (χ3n) is 2.39. The summed E-state index contributed by atoms with van der Waals surface area (Å²) in [7, 11) is -4.14. The van der Waals surface area contributed by atoms with Crippen LogP contribution in [-0.4, -0.2) is 18.7 Å². The lowest BCUT2D eigenvalue weighted by molar-refractivity contribution is -0.721. The van der Waals surface area contributed by atoms with Crippen molar-refractivity contribution in [1.82, 2.24) is 0 Å². The maximum atomic E-state index is 10.5. The molecule has 1 aromatic rings. The lowest BCUT2D eigenvalue weighted by Crippen LogP contribution is -2.41. The molecular formula is C11H15NO3S. The zero-order valence-corrected chi connectivity index (χ0v) is 9.98. The van der Waals surface area contributed by atoms with E-state index in [-0.39, 0.29) is 11.8 Å². The number of rotatable bonds is 5. The van der Waals surface area contributed by atoms with Gasteiger partial charge in [0.2, 0.25) is 5.69 Å². The Labute approximate surface area is 96.0 Å². The van der Waals surface area contributed by atoms with Crippen molar-refractivity contribution in [2.75, 3.05) is 5.75 Å². The average molecular weight is 241 g/mol. The van der Waals surface area contributed by atoms with Gasteiger partial charge in [-0.1, -0.05) is 6.58 Å². The van der Waals surface area contributed by atoms with Crippen molar-refractivity contribution in [2.24, 2.45) is 0 Å². The van der Waals surface area contributed by atoms with E-state index in [1.54, 1.807) is 6.08 Å². The molecule has 1 heterocycles. The molecule has 88 valence electrons. The van der Waals surface area contributed by atoms with E-state index in [9.17, 15) is 13.0 Å². The van der Waals surface area contributed by atoms with E-state index < -0.39 is 10.1 Å². The van der Waals surface area contributed by atoms with Crippen LogP contribution in [0.4, 0.5) is 0 Å². The normalized spacial score (nSPS) is 13.4. The van der Waals surface area contributed by atoms with E-state index in [1.807, 2.05) is 35.9 Å². The molecule has 0 amide bonds. The molecule has 0 saturated carbocycles. The molecule has 0 unspecified atom stereocenters. The minimum absolute atomic E-state index is 0.0436. The van der Waals surface area contributed by atoms with Crippen molar-refractivity contribution >= 4 is 16.2 Å². The SMILES string of the molecule is C=Cc1cccc[n+]1[C@H](C)CCS(=O)(=O)[O-]. The highest BCUT2D eigenvalue weighted by atomic mass is 32.2. The Morgan fingerprint density at radius 3 is 2.81 bits per heavy atom. The second-order valence-electron chi connectivity index (χ2n) is 3.64. The summed E-state index contributed by atoms with van der Waals surface area (Å²) < 4.78 is 33.5. The number of nitrogens with zero attached hydrogens (tertiary/aromatic N) is 1. The first-order chi connectivity index (χ1) is 7.44. The van der Waals surface area contributed by atoms with Gasteiger partial charge in [-0.25, -0.2) is 8.42 Å². The fraction of sp³-hybridized carbons (Fsp3) is 0.364. The summed E-state index contributed by atoms with van der Waals surface area (Å²) in [5, 5.41) is 0. The highest BCUT2D eigenvalue weighted by Crippen LogP contribution is 2.06. The lowest BCUT2D eigenvalue weighted by Gasteiger charge is -2.11. The van der Waals surface area contributed by atoms with Gasteiger partial charge in [0.15, 0.2) is 12.2 Å². The van der Waals surface area contributed by atoms with Crippen LogP contribution in [0.2, 0.25) is 0 Å². The van der Waals surface area contributed by atoms with Gasteiger partial charge >= 0.3 is 0 Å². The van der Waals surface area contributed by atoms with E-state index in [0.29, 0.717) is 6.42 Å². The van der Waals surface area contributed by atoms with E-state index >= 15 is 0 Å². The number of hydrogen-bond donors (Lipinski definition) is 0. The molecule has 0 aliphatic carbocycles. The number of hydrogen-bond acceptors (Lipinski definition) is 3. The van der Waals surface area contributed by atoms with Crippen molar-refractivity contribution in [3.8, 4) is 0 Å². The van der Waals surface area contributed by atoms with Crippen LogP contribution >= 0.6 is 0 Å². The van der Waals surface area contributed by atoms with E-state index in [0.717, 1.165) is 5.69 Å². The third-order valence-corrected chi connectivity index (χ3v) is 3.13. The van der Waals surface area contributed by atoms with E-state index in [4.69, 9.17) is 0 Å². The summed E-state index contributed by atoms with van der Waals surface area (Å²) >= 11 is 0. The van der Waals surface area contributed by atoms with Crippen molar-refractivity contribution in [3.05, 3.63) is 36.7 Å². The van der Waals surface area contributed by atoms with Crippen LogP contribution in [-0.2, 0) is 10.1 Å². The van der Waals surface area contributed by atoms with Crippen LogP contribution in [0.25, 0.3) is 6.08 Å². The zero-order chi connectivity index (χ0) is 12.2. The molecule has 0 radical (unpaired) electrons. The van der Waals surface area contributed by atoms with Gasteiger partial charge in [0.25, 0.3) is 0 Å². The monoisotopic (exact) mass is 241 g/mol. The topological polar surface area (TPSA) is 61.1 Å². The van der Waals surface area contributed by atoms with Crippen molar-refractivity contribution in [3.63, 3.8) is 0 Å². The molecule has 0 aromatic carbocycles. The highest BCUT2D eigenvalue weighted by Gasteiger charge is 2.16. The van der Waals surface area contributed by atoms with Crippen LogP contribution in [0.1, 0.15) is 25.1 Å². The van der Waals surface area contributed by atoms with Gasteiger partial charge in [-0.3, -0.25) is 0 Å². The Kier molecular flexibility index (Phi) is 4.20. The smallest absolute Gasteiger partial charge is 0.204 e. The van der Waals surface area contributed by atoms with E-state index in [1.165, 1.54) is 0 Å². The summed E-state index contributed by atoms with van der Waals surface area (Å²) in [6, 6.07) is 5.58. The molecule has 0 aliphatic rings.